The minimum atomic E-state index is -1.03. The number of phenolic OH excluding ortho intramolecular Hbond substituents is 2. The minimum Gasteiger partial charge on any atom is -0.504 e. The minimum absolute atomic E-state index is 0.223. The second-order valence-corrected chi connectivity index (χ2v) is 4.24. The molecule has 0 aliphatic carbocycles. The van der Waals surface area contributed by atoms with Gasteiger partial charge in [-0.25, -0.2) is 4.79 Å². The maximum atomic E-state index is 11.6. The topological polar surface area (TPSA) is 98.7 Å². The molecular weight excluding hydrogens is 224 g/mol. The van der Waals surface area contributed by atoms with Crippen molar-refractivity contribution in [2.45, 2.75) is 18.9 Å². The maximum absolute atomic E-state index is 11.6. The largest absolute Gasteiger partial charge is 0.504 e. The molecule has 90 valence electrons. The average Bonchev–Trinajstić information content (AvgIpc) is 2.46. The Labute approximate surface area is 97.3 Å². The number of phenols is 2. The predicted octanol–water partition coefficient (Wildman–Crippen LogP) is 0.238. The molecule has 1 aliphatic rings. The van der Waals surface area contributed by atoms with E-state index in [1.807, 2.05) is 0 Å². The zero-order valence-electron chi connectivity index (χ0n) is 9.15. The molecule has 6 nitrogen and oxygen atoms in total. The number of nitrogens with one attached hydrogen (secondary N) is 2. The van der Waals surface area contributed by atoms with E-state index < -0.39 is 17.5 Å². The Bertz CT molecular complexity index is 500. The number of hydrogen-bond donors (Lipinski definition) is 4. The van der Waals surface area contributed by atoms with Crippen molar-refractivity contribution in [3.63, 3.8) is 0 Å². The fourth-order valence-electron chi connectivity index (χ4n) is 1.79. The van der Waals surface area contributed by atoms with E-state index in [4.69, 9.17) is 5.11 Å². The lowest BCUT2D eigenvalue weighted by atomic mass is 9.93. The smallest absolute Gasteiger partial charge is 0.322 e. The van der Waals surface area contributed by atoms with Crippen LogP contribution in [0.2, 0.25) is 0 Å². The van der Waals surface area contributed by atoms with Gasteiger partial charge in [-0.3, -0.25) is 10.1 Å². The molecule has 4 N–H and O–H groups in total. The molecule has 0 spiro atoms. The summed E-state index contributed by atoms with van der Waals surface area (Å²) >= 11 is 0. The first kappa shape index (κ1) is 11.3. The van der Waals surface area contributed by atoms with Gasteiger partial charge in [0.25, 0.3) is 5.91 Å². The maximum Gasteiger partial charge on any atom is 0.322 e. The fourth-order valence-corrected chi connectivity index (χ4v) is 1.79. The number of amides is 3. The van der Waals surface area contributed by atoms with Gasteiger partial charge < -0.3 is 15.5 Å². The van der Waals surface area contributed by atoms with Crippen LogP contribution in [0.4, 0.5) is 4.79 Å². The molecule has 0 aromatic heterocycles. The first-order chi connectivity index (χ1) is 7.90. The van der Waals surface area contributed by atoms with Crippen LogP contribution in [0.3, 0.4) is 0 Å². The molecule has 1 atom stereocenters. The second-order valence-electron chi connectivity index (χ2n) is 4.24. The lowest BCUT2D eigenvalue weighted by molar-refractivity contribution is -0.123. The standard InChI is InChI=1S/C11H12N2O4/c1-11(9(16)12-10(17)13-11)5-6-2-3-7(14)8(15)4-6/h2-4,14-15H,5H2,1H3,(H2,12,13,16,17). The molecule has 6 heteroatoms. The zero-order chi connectivity index (χ0) is 12.6. The van der Waals surface area contributed by atoms with Gasteiger partial charge in [-0.2, -0.15) is 0 Å². The molecule has 1 heterocycles. The Morgan fingerprint density at radius 3 is 2.47 bits per heavy atom. The third-order valence-corrected chi connectivity index (χ3v) is 2.72. The van der Waals surface area contributed by atoms with Gasteiger partial charge in [-0.1, -0.05) is 6.07 Å². The molecular formula is C11H12N2O4. The van der Waals surface area contributed by atoms with Crippen molar-refractivity contribution >= 4 is 11.9 Å². The molecule has 0 radical (unpaired) electrons. The van der Waals surface area contributed by atoms with Crippen LogP contribution in [-0.2, 0) is 11.2 Å². The third kappa shape index (κ3) is 2.01. The van der Waals surface area contributed by atoms with Gasteiger partial charge in [0.1, 0.15) is 5.54 Å². The summed E-state index contributed by atoms with van der Waals surface area (Å²) in [5.74, 6) is -0.885. The van der Waals surface area contributed by atoms with E-state index in [2.05, 4.69) is 10.6 Å². The highest BCUT2D eigenvalue weighted by atomic mass is 16.3. The number of carbonyl (C=O) groups excluding carboxylic acids is 2. The Balaban J connectivity index is 2.23. The molecule has 1 aromatic carbocycles. The normalized spacial score (nSPS) is 23.4. The van der Waals surface area contributed by atoms with Crippen LogP contribution in [0, 0.1) is 0 Å². The van der Waals surface area contributed by atoms with E-state index in [1.54, 1.807) is 13.0 Å². The fraction of sp³-hybridized carbons (Fsp3) is 0.273. The first-order valence-corrected chi connectivity index (χ1v) is 5.05. The quantitative estimate of drug-likeness (QED) is 0.436. The van der Waals surface area contributed by atoms with E-state index in [9.17, 15) is 14.7 Å². The number of urea groups is 1. The van der Waals surface area contributed by atoms with Crippen LogP contribution in [0.15, 0.2) is 18.2 Å². The Kier molecular flexibility index (Phi) is 2.42. The summed E-state index contributed by atoms with van der Waals surface area (Å²) in [6, 6.07) is 3.75. The highest BCUT2D eigenvalue weighted by molar-refractivity contribution is 6.06. The molecule has 1 aromatic rings. The number of hydrogen-bond acceptors (Lipinski definition) is 4. The molecule has 1 fully saturated rings. The molecule has 0 saturated carbocycles. The Morgan fingerprint density at radius 2 is 1.94 bits per heavy atom. The highest BCUT2D eigenvalue weighted by Gasteiger charge is 2.41. The van der Waals surface area contributed by atoms with Crippen LogP contribution in [0.1, 0.15) is 12.5 Å². The molecule has 1 unspecified atom stereocenters. The van der Waals surface area contributed by atoms with Gasteiger partial charge in [0, 0.05) is 6.42 Å². The summed E-state index contributed by atoms with van der Waals surface area (Å²) in [7, 11) is 0. The lowest BCUT2D eigenvalue weighted by Crippen LogP contribution is -2.45. The summed E-state index contributed by atoms with van der Waals surface area (Å²) in [5.41, 5.74) is -0.388. The number of carbonyl (C=O) groups is 2. The van der Waals surface area contributed by atoms with E-state index in [1.165, 1.54) is 12.1 Å². The third-order valence-electron chi connectivity index (χ3n) is 2.72. The van der Waals surface area contributed by atoms with E-state index in [0.29, 0.717) is 5.56 Å². The van der Waals surface area contributed by atoms with Crippen molar-refractivity contribution < 1.29 is 19.8 Å². The van der Waals surface area contributed by atoms with Crippen molar-refractivity contribution in [2.24, 2.45) is 0 Å². The lowest BCUT2D eigenvalue weighted by Gasteiger charge is -2.20. The molecule has 17 heavy (non-hydrogen) atoms. The van der Waals surface area contributed by atoms with Crippen LogP contribution in [0.25, 0.3) is 0 Å². The summed E-state index contributed by atoms with van der Waals surface area (Å²) in [6.07, 6.45) is 0.235. The Morgan fingerprint density at radius 1 is 1.24 bits per heavy atom. The van der Waals surface area contributed by atoms with Gasteiger partial charge in [-0.15, -0.1) is 0 Å². The van der Waals surface area contributed by atoms with Crippen molar-refractivity contribution in [3.05, 3.63) is 23.8 Å². The van der Waals surface area contributed by atoms with Crippen LogP contribution in [0.5, 0.6) is 11.5 Å². The van der Waals surface area contributed by atoms with Gasteiger partial charge in [0.05, 0.1) is 0 Å². The van der Waals surface area contributed by atoms with Crippen molar-refractivity contribution in [3.8, 4) is 11.5 Å². The van der Waals surface area contributed by atoms with Gasteiger partial charge >= 0.3 is 6.03 Å². The molecule has 1 saturated heterocycles. The summed E-state index contributed by atoms with van der Waals surface area (Å²) in [6.45, 7) is 1.59. The number of aromatic hydroxyl groups is 2. The molecule has 2 rings (SSSR count). The van der Waals surface area contributed by atoms with Gasteiger partial charge in [-0.05, 0) is 24.6 Å². The highest BCUT2D eigenvalue weighted by Crippen LogP contribution is 2.27. The van der Waals surface area contributed by atoms with Crippen molar-refractivity contribution in [2.75, 3.05) is 0 Å². The molecule has 1 aliphatic heterocycles. The summed E-state index contributed by atoms with van der Waals surface area (Å²) < 4.78 is 0. The van der Waals surface area contributed by atoms with Crippen molar-refractivity contribution in [1.82, 2.24) is 10.6 Å². The summed E-state index contributed by atoms with van der Waals surface area (Å²) in [4.78, 5) is 22.6. The number of benzene rings is 1. The van der Waals surface area contributed by atoms with Crippen molar-refractivity contribution in [1.29, 1.82) is 0 Å². The zero-order valence-corrected chi connectivity index (χ0v) is 9.15. The SMILES string of the molecule is CC1(Cc2ccc(O)c(O)c2)NC(=O)NC1=O. The van der Waals surface area contributed by atoms with Crippen LogP contribution in [-0.4, -0.2) is 27.7 Å². The molecule has 0 bridgehead atoms. The number of rotatable bonds is 2. The van der Waals surface area contributed by atoms with Crippen LogP contribution >= 0.6 is 0 Å². The van der Waals surface area contributed by atoms with E-state index in [-0.39, 0.29) is 17.9 Å². The number of imide groups is 1. The predicted molar refractivity (Wildman–Crippen MR) is 58.6 cm³/mol. The molecule has 3 amide bonds. The van der Waals surface area contributed by atoms with Crippen LogP contribution < -0.4 is 10.6 Å². The van der Waals surface area contributed by atoms with Gasteiger partial charge in [0.15, 0.2) is 11.5 Å². The Hall–Kier alpha value is -2.24. The monoisotopic (exact) mass is 236 g/mol. The van der Waals surface area contributed by atoms with E-state index >= 15 is 0 Å². The summed E-state index contributed by atoms with van der Waals surface area (Å²) in [5, 5.41) is 23.2. The average molecular weight is 236 g/mol. The van der Waals surface area contributed by atoms with Gasteiger partial charge in [0.2, 0.25) is 0 Å². The second kappa shape index (κ2) is 3.65. The van der Waals surface area contributed by atoms with E-state index in [0.717, 1.165) is 0 Å². The first-order valence-electron chi connectivity index (χ1n) is 5.05.